The van der Waals surface area contributed by atoms with E-state index in [1.807, 2.05) is 11.0 Å². The van der Waals surface area contributed by atoms with Crippen molar-refractivity contribution in [2.24, 2.45) is 0 Å². The summed E-state index contributed by atoms with van der Waals surface area (Å²) in [6, 6.07) is 10.6. The third kappa shape index (κ3) is 5.62. The molecule has 1 aromatic carbocycles. The van der Waals surface area contributed by atoms with Crippen molar-refractivity contribution >= 4 is 15.7 Å². The summed E-state index contributed by atoms with van der Waals surface area (Å²) in [6.07, 6.45) is 6.17. The second kappa shape index (κ2) is 9.79. The average Bonchev–Trinajstić information content (AvgIpc) is 3.10. The fraction of sp³-hybridized carbons (Fsp3) is 0.696. The van der Waals surface area contributed by atoms with Gasteiger partial charge in [0, 0.05) is 44.8 Å². The summed E-state index contributed by atoms with van der Waals surface area (Å²) in [5, 5.41) is 0. The van der Waals surface area contributed by atoms with Crippen molar-refractivity contribution in [1.29, 1.82) is 0 Å². The maximum Gasteiger partial charge on any atom is 0.237 e. The lowest BCUT2D eigenvalue weighted by Crippen LogP contribution is -2.54. The molecule has 7 heteroatoms. The van der Waals surface area contributed by atoms with Crippen molar-refractivity contribution in [2.45, 2.75) is 57.2 Å². The molecular formula is C23H35N3O3S. The maximum atomic E-state index is 13.4. The molecule has 166 valence electrons. The topological polar surface area (TPSA) is 60.9 Å². The molecule has 0 bridgehead atoms. The number of benzene rings is 1. The minimum Gasteiger partial charge on any atom is -0.335 e. The quantitative estimate of drug-likeness (QED) is 0.688. The van der Waals surface area contributed by atoms with Crippen LogP contribution >= 0.6 is 0 Å². The molecule has 1 atom stereocenters. The summed E-state index contributed by atoms with van der Waals surface area (Å²) in [4.78, 5) is 20.1. The van der Waals surface area contributed by atoms with E-state index in [1.165, 1.54) is 12.0 Å². The van der Waals surface area contributed by atoms with Crippen LogP contribution in [0.15, 0.2) is 30.3 Å². The monoisotopic (exact) mass is 433 g/mol. The molecule has 0 unspecified atom stereocenters. The van der Waals surface area contributed by atoms with Crippen molar-refractivity contribution < 1.29 is 13.2 Å². The van der Waals surface area contributed by atoms with Gasteiger partial charge in [0.15, 0.2) is 9.84 Å². The fourth-order valence-electron chi connectivity index (χ4n) is 5.28. The molecule has 1 saturated carbocycles. The zero-order chi connectivity index (χ0) is 21.0. The molecule has 3 fully saturated rings. The number of carbonyl (C=O) groups excluding carboxylic acids is 1. The number of amides is 1. The lowest BCUT2D eigenvalue weighted by Gasteiger charge is -2.40. The van der Waals surface area contributed by atoms with Crippen molar-refractivity contribution in [3.05, 3.63) is 35.9 Å². The van der Waals surface area contributed by atoms with Crippen LogP contribution in [0.3, 0.4) is 0 Å². The Morgan fingerprint density at radius 3 is 2.20 bits per heavy atom. The van der Waals surface area contributed by atoms with E-state index in [9.17, 15) is 13.2 Å². The van der Waals surface area contributed by atoms with Crippen LogP contribution in [-0.4, -0.2) is 85.3 Å². The first kappa shape index (κ1) is 21.8. The second-order valence-electron chi connectivity index (χ2n) is 9.19. The second-order valence-corrected chi connectivity index (χ2v) is 11.4. The summed E-state index contributed by atoms with van der Waals surface area (Å²) in [5.41, 5.74) is 1.33. The van der Waals surface area contributed by atoms with E-state index in [1.54, 1.807) is 0 Å². The number of sulfone groups is 1. The summed E-state index contributed by atoms with van der Waals surface area (Å²) < 4.78 is 24.1. The first-order valence-electron chi connectivity index (χ1n) is 11.5. The third-order valence-corrected chi connectivity index (χ3v) is 8.68. The number of carbonyl (C=O) groups is 1. The molecule has 0 aromatic heterocycles. The molecule has 4 rings (SSSR count). The predicted molar refractivity (Wildman–Crippen MR) is 119 cm³/mol. The average molecular weight is 434 g/mol. The minimum absolute atomic E-state index is 0.120. The molecule has 1 amide bonds. The Morgan fingerprint density at radius 1 is 0.900 bits per heavy atom. The van der Waals surface area contributed by atoms with Gasteiger partial charge in [-0.25, -0.2) is 8.42 Å². The minimum atomic E-state index is -3.00. The van der Waals surface area contributed by atoms with Gasteiger partial charge >= 0.3 is 0 Å². The van der Waals surface area contributed by atoms with E-state index >= 15 is 0 Å². The zero-order valence-corrected chi connectivity index (χ0v) is 18.7. The van der Waals surface area contributed by atoms with Gasteiger partial charge in [-0.2, -0.15) is 0 Å². The molecule has 1 aliphatic carbocycles. The van der Waals surface area contributed by atoms with E-state index in [-0.39, 0.29) is 29.5 Å². The van der Waals surface area contributed by atoms with Crippen LogP contribution in [0.25, 0.3) is 0 Å². The van der Waals surface area contributed by atoms with Gasteiger partial charge < -0.3 is 4.90 Å². The summed E-state index contributed by atoms with van der Waals surface area (Å²) in [5.74, 6) is 0.521. The highest BCUT2D eigenvalue weighted by Crippen LogP contribution is 2.28. The van der Waals surface area contributed by atoms with Crippen LogP contribution in [0.1, 0.15) is 44.1 Å². The lowest BCUT2D eigenvalue weighted by molar-refractivity contribution is -0.138. The highest BCUT2D eigenvalue weighted by Gasteiger charge is 2.39. The maximum absolute atomic E-state index is 13.4. The molecule has 2 aliphatic heterocycles. The standard InChI is InChI=1S/C23H35N3O3S/c27-23(18-25-14-12-24(13-15-25)17-20-7-3-1-4-8-20)26(21-9-5-2-6-10-21)22-11-16-30(28,29)19-22/h1,3-4,7-8,21-22H,2,5-6,9-19H2/t22-/m0/s1. The summed E-state index contributed by atoms with van der Waals surface area (Å²) in [6.45, 7) is 5.08. The Bertz CT molecular complexity index is 800. The van der Waals surface area contributed by atoms with Crippen LogP contribution in [0.5, 0.6) is 0 Å². The van der Waals surface area contributed by atoms with Crippen molar-refractivity contribution in [3.8, 4) is 0 Å². The van der Waals surface area contributed by atoms with Gasteiger partial charge in [-0.05, 0) is 24.8 Å². The SMILES string of the molecule is O=C(CN1CCN(Cc2ccccc2)CC1)N(C1CCCCC1)[C@H]1CCS(=O)(=O)C1. The smallest absolute Gasteiger partial charge is 0.237 e. The molecule has 0 N–H and O–H groups in total. The molecule has 30 heavy (non-hydrogen) atoms. The largest absolute Gasteiger partial charge is 0.335 e. The Morgan fingerprint density at radius 2 is 1.57 bits per heavy atom. The molecule has 3 aliphatic rings. The number of hydrogen-bond acceptors (Lipinski definition) is 5. The van der Waals surface area contributed by atoms with E-state index in [0.29, 0.717) is 13.0 Å². The van der Waals surface area contributed by atoms with E-state index in [0.717, 1.165) is 58.4 Å². The summed E-state index contributed by atoms with van der Waals surface area (Å²) >= 11 is 0. The molecule has 2 saturated heterocycles. The molecular weight excluding hydrogens is 398 g/mol. The first-order valence-corrected chi connectivity index (χ1v) is 13.3. The van der Waals surface area contributed by atoms with Crippen LogP contribution in [0.4, 0.5) is 0 Å². The van der Waals surface area contributed by atoms with Gasteiger partial charge in [-0.1, -0.05) is 49.6 Å². The lowest BCUT2D eigenvalue weighted by atomic mass is 9.92. The van der Waals surface area contributed by atoms with Crippen LogP contribution < -0.4 is 0 Å². The van der Waals surface area contributed by atoms with Crippen molar-refractivity contribution in [3.63, 3.8) is 0 Å². The number of nitrogens with zero attached hydrogens (tertiary/aromatic N) is 3. The number of hydrogen-bond donors (Lipinski definition) is 0. The van der Waals surface area contributed by atoms with Gasteiger partial charge in [-0.3, -0.25) is 14.6 Å². The number of rotatable bonds is 6. The van der Waals surface area contributed by atoms with Gasteiger partial charge in [0.1, 0.15) is 0 Å². The van der Waals surface area contributed by atoms with Gasteiger partial charge in [0.2, 0.25) is 5.91 Å². The van der Waals surface area contributed by atoms with E-state index in [2.05, 4.69) is 34.1 Å². The highest BCUT2D eigenvalue weighted by molar-refractivity contribution is 7.91. The van der Waals surface area contributed by atoms with Crippen LogP contribution in [0, 0.1) is 0 Å². The van der Waals surface area contributed by atoms with Gasteiger partial charge in [-0.15, -0.1) is 0 Å². The molecule has 0 spiro atoms. The fourth-order valence-corrected chi connectivity index (χ4v) is 6.99. The first-order chi connectivity index (χ1) is 14.5. The molecule has 0 radical (unpaired) electrons. The Balaban J connectivity index is 1.33. The van der Waals surface area contributed by atoms with E-state index in [4.69, 9.17) is 0 Å². The van der Waals surface area contributed by atoms with Crippen LogP contribution in [-0.2, 0) is 21.2 Å². The highest BCUT2D eigenvalue weighted by atomic mass is 32.2. The van der Waals surface area contributed by atoms with Crippen LogP contribution in [0.2, 0.25) is 0 Å². The Labute approximate surface area is 181 Å². The number of piperazine rings is 1. The van der Waals surface area contributed by atoms with Gasteiger partial charge in [0.25, 0.3) is 0 Å². The summed E-state index contributed by atoms with van der Waals surface area (Å²) in [7, 11) is -3.00. The van der Waals surface area contributed by atoms with E-state index < -0.39 is 9.84 Å². The molecule has 1 aromatic rings. The Hall–Kier alpha value is -1.44. The zero-order valence-electron chi connectivity index (χ0n) is 17.9. The Kier molecular flexibility index (Phi) is 7.11. The normalized spacial score (nSPS) is 25.9. The molecule has 6 nitrogen and oxygen atoms in total. The van der Waals surface area contributed by atoms with Gasteiger partial charge in [0.05, 0.1) is 18.1 Å². The predicted octanol–water partition coefficient (Wildman–Crippen LogP) is 2.15. The van der Waals surface area contributed by atoms with Crippen molar-refractivity contribution in [2.75, 3.05) is 44.2 Å². The van der Waals surface area contributed by atoms with Crippen molar-refractivity contribution in [1.82, 2.24) is 14.7 Å². The third-order valence-electron chi connectivity index (χ3n) is 6.93. The molecule has 2 heterocycles.